The number of hydrogen-bond donors (Lipinski definition) is 2. The Bertz CT molecular complexity index is 875. The van der Waals surface area contributed by atoms with Crippen molar-refractivity contribution in [3.63, 3.8) is 0 Å². The van der Waals surface area contributed by atoms with E-state index < -0.39 is 0 Å². The SMILES string of the molecule is Cc1ccc(CNC(=O)c2ccnc(Nc3ccccc3C)n2)cc1. The first kappa shape index (κ1) is 16.6. The average Bonchev–Trinajstić information content (AvgIpc) is 2.63. The third-order valence-corrected chi connectivity index (χ3v) is 3.85. The van der Waals surface area contributed by atoms with Gasteiger partial charge < -0.3 is 10.6 Å². The first-order valence-electron chi connectivity index (χ1n) is 8.11. The highest BCUT2D eigenvalue weighted by Gasteiger charge is 2.09. The van der Waals surface area contributed by atoms with Gasteiger partial charge in [-0.3, -0.25) is 4.79 Å². The number of nitrogens with zero attached hydrogens (tertiary/aromatic N) is 2. The summed E-state index contributed by atoms with van der Waals surface area (Å²) < 4.78 is 0. The minimum Gasteiger partial charge on any atom is -0.347 e. The van der Waals surface area contributed by atoms with E-state index in [0.29, 0.717) is 18.2 Å². The molecule has 5 nitrogen and oxygen atoms in total. The second-order valence-corrected chi connectivity index (χ2v) is 5.87. The number of hydrogen-bond acceptors (Lipinski definition) is 4. The second-order valence-electron chi connectivity index (χ2n) is 5.87. The molecule has 1 aromatic heterocycles. The number of aryl methyl sites for hydroxylation is 2. The summed E-state index contributed by atoms with van der Waals surface area (Å²) in [7, 11) is 0. The van der Waals surface area contributed by atoms with Crippen molar-refractivity contribution in [1.82, 2.24) is 15.3 Å². The van der Waals surface area contributed by atoms with Gasteiger partial charge in [-0.25, -0.2) is 9.97 Å². The molecule has 25 heavy (non-hydrogen) atoms. The van der Waals surface area contributed by atoms with E-state index in [0.717, 1.165) is 16.8 Å². The Balaban J connectivity index is 1.67. The van der Waals surface area contributed by atoms with E-state index in [2.05, 4.69) is 20.6 Å². The molecule has 0 saturated carbocycles. The van der Waals surface area contributed by atoms with Crippen LogP contribution < -0.4 is 10.6 Å². The maximum atomic E-state index is 12.3. The molecule has 0 fully saturated rings. The lowest BCUT2D eigenvalue weighted by Crippen LogP contribution is -2.24. The summed E-state index contributed by atoms with van der Waals surface area (Å²) >= 11 is 0. The zero-order chi connectivity index (χ0) is 17.6. The molecule has 0 aliphatic carbocycles. The van der Waals surface area contributed by atoms with Crippen molar-refractivity contribution < 1.29 is 4.79 Å². The first-order valence-corrected chi connectivity index (χ1v) is 8.11. The normalized spacial score (nSPS) is 10.3. The van der Waals surface area contributed by atoms with Crippen LogP contribution in [0.15, 0.2) is 60.8 Å². The summed E-state index contributed by atoms with van der Waals surface area (Å²) in [6, 6.07) is 17.5. The fourth-order valence-electron chi connectivity index (χ4n) is 2.36. The molecule has 0 unspecified atom stereocenters. The largest absolute Gasteiger partial charge is 0.347 e. The van der Waals surface area contributed by atoms with Crippen LogP contribution >= 0.6 is 0 Å². The van der Waals surface area contributed by atoms with Gasteiger partial charge >= 0.3 is 0 Å². The quantitative estimate of drug-likeness (QED) is 0.746. The third kappa shape index (κ3) is 4.41. The van der Waals surface area contributed by atoms with Gasteiger partial charge in [0.15, 0.2) is 0 Å². The number of nitrogens with one attached hydrogen (secondary N) is 2. The maximum Gasteiger partial charge on any atom is 0.270 e. The van der Waals surface area contributed by atoms with Gasteiger partial charge in [0, 0.05) is 18.4 Å². The summed E-state index contributed by atoms with van der Waals surface area (Å²) in [6.45, 7) is 4.50. The van der Waals surface area contributed by atoms with Gasteiger partial charge in [-0.2, -0.15) is 0 Å². The molecule has 0 spiro atoms. The topological polar surface area (TPSA) is 66.9 Å². The number of carbonyl (C=O) groups excluding carboxylic acids is 1. The highest BCUT2D eigenvalue weighted by atomic mass is 16.1. The number of aromatic nitrogens is 2. The van der Waals surface area contributed by atoms with Crippen LogP contribution in [0.4, 0.5) is 11.6 Å². The van der Waals surface area contributed by atoms with Crippen LogP contribution in [0, 0.1) is 13.8 Å². The lowest BCUT2D eigenvalue weighted by molar-refractivity contribution is 0.0946. The summed E-state index contributed by atoms with van der Waals surface area (Å²) in [5.41, 5.74) is 4.57. The molecule has 3 rings (SSSR count). The number of rotatable bonds is 5. The average molecular weight is 332 g/mol. The van der Waals surface area contributed by atoms with Gasteiger partial charge in [-0.15, -0.1) is 0 Å². The molecule has 1 heterocycles. The van der Waals surface area contributed by atoms with E-state index in [1.807, 2.05) is 62.4 Å². The maximum absolute atomic E-state index is 12.3. The monoisotopic (exact) mass is 332 g/mol. The number of amides is 1. The smallest absolute Gasteiger partial charge is 0.270 e. The molecular formula is C20H20N4O. The molecule has 0 aliphatic rings. The molecule has 0 bridgehead atoms. The highest BCUT2D eigenvalue weighted by molar-refractivity contribution is 5.92. The third-order valence-electron chi connectivity index (χ3n) is 3.85. The number of benzene rings is 2. The van der Waals surface area contributed by atoms with E-state index in [9.17, 15) is 4.79 Å². The Hall–Kier alpha value is -3.21. The predicted molar refractivity (Wildman–Crippen MR) is 98.8 cm³/mol. The standard InChI is InChI=1S/C20H20N4O/c1-14-7-9-16(10-8-14)13-22-19(25)18-11-12-21-20(24-18)23-17-6-4-3-5-15(17)2/h3-12H,13H2,1-2H3,(H,22,25)(H,21,23,24). The molecule has 126 valence electrons. The molecule has 5 heteroatoms. The van der Waals surface area contributed by atoms with Crippen LogP contribution in [-0.4, -0.2) is 15.9 Å². The van der Waals surface area contributed by atoms with Gasteiger partial charge in [0.2, 0.25) is 5.95 Å². The molecule has 0 atom stereocenters. The molecule has 2 N–H and O–H groups in total. The summed E-state index contributed by atoms with van der Waals surface area (Å²) in [5, 5.41) is 6.03. The molecule has 0 radical (unpaired) electrons. The lowest BCUT2D eigenvalue weighted by atomic mass is 10.1. The molecule has 0 aliphatic heterocycles. The van der Waals surface area contributed by atoms with E-state index in [1.165, 1.54) is 5.56 Å². The van der Waals surface area contributed by atoms with Gasteiger partial charge in [0.1, 0.15) is 5.69 Å². The minimum atomic E-state index is -0.226. The molecule has 1 amide bonds. The van der Waals surface area contributed by atoms with E-state index in [-0.39, 0.29) is 5.91 Å². The number of carbonyl (C=O) groups is 1. The van der Waals surface area contributed by atoms with Gasteiger partial charge in [-0.05, 0) is 37.1 Å². The van der Waals surface area contributed by atoms with Crippen LogP contribution in [0.2, 0.25) is 0 Å². The van der Waals surface area contributed by atoms with Crippen molar-refractivity contribution >= 4 is 17.5 Å². The van der Waals surface area contributed by atoms with Gasteiger partial charge in [-0.1, -0.05) is 48.0 Å². The Labute approximate surface area is 147 Å². The van der Waals surface area contributed by atoms with Crippen LogP contribution in [0.25, 0.3) is 0 Å². The number of para-hydroxylation sites is 1. The number of anilines is 2. The van der Waals surface area contributed by atoms with Crippen LogP contribution in [0.5, 0.6) is 0 Å². The minimum absolute atomic E-state index is 0.226. The van der Waals surface area contributed by atoms with Crippen LogP contribution in [0.1, 0.15) is 27.2 Å². The Morgan fingerprint density at radius 1 is 1.00 bits per heavy atom. The molecule has 3 aromatic rings. The molecule has 2 aromatic carbocycles. The Kier molecular flexibility index (Phi) is 5.04. The zero-order valence-electron chi connectivity index (χ0n) is 14.3. The molecule has 0 saturated heterocycles. The summed E-state index contributed by atoms with van der Waals surface area (Å²) in [6.07, 6.45) is 1.58. The van der Waals surface area contributed by atoms with Crippen molar-refractivity contribution in [2.24, 2.45) is 0 Å². The fourth-order valence-corrected chi connectivity index (χ4v) is 2.36. The fraction of sp³-hybridized carbons (Fsp3) is 0.150. The second kappa shape index (κ2) is 7.57. The predicted octanol–water partition coefficient (Wildman–Crippen LogP) is 3.77. The molecular weight excluding hydrogens is 312 g/mol. The van der Waals surface area contributed by atoms with Crippen LogP contribution in [-0.2, 0) is 6.54 Å². The lowest BCUT2D eigenvalue weighted by Gasteiger charge is -2.09. The van der Waals surface area contributed by atoms with Crippen molar-refractivity contribution in [2.45, 2.75) is 20.4 Å². The Morgan fingerprint density at radius 2 is 1.76 bits per heavy atom. The van der Waals surface area contributed by atoms with Crippen LogP contribution in [0.3, 0.4) is 0 Å². The van der Waals surface area contributed by atoms with E-state index in [1.54, 1.807) is 12.3 Å². The summed E-state index contributed by atoms with van der Waals surface area (Å²) in [5.74, 6) is 0.174. The van der Waals surface area contributed by atoms with Crippen molar-refractivity contribution in [3.8, 4) is 0 Å². The van der Waals surface area contributed by atoms with E-state index >= 15 is 0 Å². The van der Waals surface area contributed by atoms with E-state index in [4.69, 9.17) is 0 Å². The zero-order valence-corrected chi connectivity index (χ0v) is 14.3. The Morgan fingerprint density at radius 3 is 2.52 bits per heavy atom. The van der Waals surface area contributed by atoms with Gasteiger partial charge in [0.25, 0.3) is 5.91 Å². The van der Waals surface area contributed by atoms with Crippen molar-refractivity contribution in [1.29, 1.82) is 0 Å². The summed E-state index contributed by atoms with van der Waals surface area (Å²) in [4.78, 5) is 20.8. The van der Waals surface area contributed by atoms with Gasteiger partial charge in [0.05, 0.1) is 0 Å². The highest BCUT2D eigenvalue weighted by Crippen LogP contribution is 2.17. The van der Waals surface area contributed by atoms with Crippen molar-refractivity contribution in [3.05, 3.63) is 83.2 Å². The van der Waals surface area contributed by atoms with Crippen molar-refractivity contribution in [2.75, 3.05) is 5.32 Å². The first-order chi connectivity index (χ1) is 12.1.